The van der Waals surface area contributed by atoms with Crippen molar-refractivity contribution in [3.05, 3.63) is 45.5 Å². The van der Waals surface area contributed by atoms with Crippen LogP contribution < -0.4 is 10.9 Å². The number of nitrogens with zero attached hydrogens (tertiary/aromatic N) is 1. The molecule has 3 heterocycles. The summed E-state index contributed by atoms with van der Waals surface area (Å²) >= 11 is 0. The molecule has 1 fully saturated rings. The lowest BCUT2D eigenvalue weighted by atomic mass is 9.95. The van der Waals surface area contributed by atoms with E-state index < -0.39 is 5.63 Å². The van der Waals surface area contributed by atoms with Gasteiger partial charge in [0.1, 0.15) is 11.3 Å². The second-order valence-corrected chi connectivity index (χ2v) is 5.72. The lowest BCUT2D eigenvalue weighted by molar-refractivity contribution is 0.0794. The summed E-state index contributed by atoms with van der Waals surface area (Å²) in [6.45, 7) is 4.77. The van der Waals surface area contributed by atoms with Gasteiger partial charge in [-0.25, -0.2) is 4.79 Å². The van der Waals surface area contributed by atoms with Gasteiger partial charge in [0.25, 0.3) is 5.91 Å². The molecule has 2 aliphatic rings. The third-order valence-electron chi connectivity index (χ3n) is 4.19. The molecular weight excluding hydrogens is 304 g/mol. The normalized spacial score (nSPS) is 20.8. The number of aryl methyl sites for hydroxylation is 1. The van der Waals surface area contributed by atoms with Gasteiger partial charge in [-0.05, 0) is 37.9 Å². The predicted octanol–water partition coefficient (Wildman–Crippen LogP) is 1.85. The zero-order chi connectivity index (χ0) is 14.8. The fraction of sp³-hybridized carbons (Fsp3) is 0.500. The van der Waals surface area contributed by atoms with E-state index in [1.54, 1.807) is 4.90 Å². The molecule has 1 unspecified atom stereocenters. The monoisotopic (exact) mass is 324 g/mol. The molecule has 3 rings (SSSR count). The zero-order valence-electron chi connectivity index (χ0n) is 12.6. The van der Waals surface area contributed by atoms with Crippen LogP contribution in [-0.2, 0) is 0 Å². The number of hydrogen-bond donors (Lipinski definition) is 1. The highest BCUT2D eigenvalue weighted by Crippen LogP contribution is 2.24. The molecule has 0 aromatic carbocycles. The second-order valence-electron chi connectivity index (χ2n) is 5.72. The minimum atomic E-state index is -0.507. The molecule has 0 bridgehead atoms. The standard InChI is InChI=1S/C16H20N2O3.ClH/c1-11-9-13(12-5-4-6-17-10-12)21-16(20)14(11)15(19)18-7-2-3-8-18;/h2-3,9,12,17H,4-8,10H2,1H3;1H. The van der Waals surface area contributed by atoms with E-state index in [2.05, 4.69) is 5.32 Å². The molecule has 0 aliphatic carbocycles. The molecular formula is C16H21ClN2O3. The Morgan fingerprint density at radius 2 is 2.09 bits per heavy atom. The van der Waals surface area contributed by atoms with Crippen molar-refractivity contribution in [1.29, 1.82) is 0 Å². The molecule has 0 saturated carbocycles. The minimum Gasteiger partial charge on any atom is -0.427 e. The van der Waals surface area contributed by atoms with Crippen molar-refractivity contribution in [2.24, 2.45) is 0 Å². The molecule has 1 saturated heterocycles. The van der Waals surface area contributed by atoms with Gasteiger partial charge in [0.15, 0.2) is 0 Å². The van der Waals surface area contributed by atoms with Gasteiger partial charge in [0.2, 0.25) is 0 Å². The number of hydrogen-bond acceptors (Lipinski definition) is 4. The third kappa shape index (κ3) is 3.25. The Bertz CT molecular complexity index is 625. The van der Waals surface area contributed by atoms with E-state index >= 15 is 0 Å². The quantitative estimate of drug-likeness (QED) is 0.843. The first-order valence-corrected chi connectivity index (χ1v) is 7.46. The van der Waals surface area contributed by atoms with Crippen LogP contribution in [0, 0.1) is 6.92 Å². The van der Waals surface area contributed by atoms with Gasteiger partial charge in [0.05, 0.1) is 0 Å². The van der Waals surface area contributed by atoms with Crippen molar-refractivity contribution in [2.75, 3.05) is 26.2 Å². The summed E-state index contributed by atoms with van der Waals surface area (Å²) in [6, 6.07) is 1.86. The van der Waals surface area contributed by atoms with Crippen LogP contribution in [-0.4, -0.2) is 37.0 Å². The van der Waals surface area contributed by atoms with Crippen LogP contribution in [0.2, 0.25) is 0 Å². The van der Waals surface area contributed by atoms with Crippen LogP contribution in [0.15, 0.2) is 27.4 Å². The van der Waals surface area contributed by atoms with E-state index in [0.29, 0.717) is 24.4 Å². The van der Waals surface area contributed by atoms with Crippen LogP contribution in [0.1, 0.15) is 40.4 Å². The van der Waals surface area contributed by atoms with Crippen LogP contribution in [0.3, 0.4) is 0 Å². The highest BCUT2D eigenvalue weighted by molar-refractivity contribution is 5.95. The maximum absolute atomic E-state index is 12.4. The fourth-order valence-corrected chi connectivity index (χ4v) is 2.99. The van der Waals surface area contributed by atoms with Gasteiger partial charge in [-0.15, -0.1) is 12.4 Å². The lowest BCUT2D eigenvalue weighted by Crippen LogP contribution is -2.34. The molecule has 2 aliphatic heterocycles. The molecule has 5 nitrogen and oxygen atoms in total. The number of nitrogens with one attached hydrogen (secondary N) is 1. The van der Waals surface area contributed by atoms with E-state index in [1.165, 1.54) is 0 Å². The molecule has 0 radical (unpaired) electrons. The van der Waals surface area contributed by atoms with Crippen molar-refractivity contribution < 1.29 is 9.21 Å². The number of rotatable bonds is 2. The predicted molar refractivity (Wildman–Crippen MR) is 86.9 cm³/mol. The van der Waals surface area contributed by atoms with E-state index in [-0.39, 0.29) is 29.8 Å². The Kier molecular flexibility index (Phi) is 5.42. The smallest absolute Gasteiger partial charge is 0.349 e. The maximum Gasteiger partial charge on any atom is 0.349 e. The fourth-order valence-electron chi connectivity index (χ4n) is 2.99. The SMILES string of the molecule is Cc1cc(C2CCCNC2)oc(=O)c1C(=O)N1CC=CC1.Cl. The topological polar surface area (TPSA) is 62.6 Å². The molecule has 22 heavy (non-hydrogen) atoms. The molecule has 120 valence electrons. The number of carbonyl (C=O) groups is 1. The Morgan fingerprint density at radius 1 is 1.36 bits per heavy atom. The van der Waals surface area contributed by atoms with Crippen molar-refractivity contribution in [3.63, 3.8) is 0 Å². The maximum atomic E-state index is 12.4. The van der Waals surface area contributed by atoms with E-state index in [4.69, 9.17) is 4.42 Å². The van der Waals surface area contributed by atoms with Crippen molar-refractivity contribution in [2.45, 2.75) is 25.7 Å². The highest BCUT2D eigenvalue weighted by Gasteiger charge is 2.25. The van der Waals surface area contributed by atoms with Gasteiger partial charge in [-0.3, -0.25) is 4.79 Å². The van der Waals surface area contributed by atoms with Gasteiger partial charge in [-0.2, -0.15) is 0 Å². The van der Waals surface area contributed by atoms with E-state index in [0.717, 1.165) is 25.9 Å². The molecule has 0 spiro atoms. The van der Waals surface area contributed by atoms with Crippen molar-refractivity contribution in [1.82, 2.24) is 10.2 Å². The number of carbonyl (C=O) groups excluding carboxylic acids is 1. The third-order valence-corrected chi connectivity index (χ3v) is 4.19. The summed E-state index contributed by atoms with van der Waals surface area (Å²) in [4.78, 5) is 26.3. The van der Waals surface area contributed by atoms with Gasteiger partial charge in [-0.1, -0.05) is 12.2 Å². The van der Waals surface area contributed by atoms with Gasteiger partial charge in [0, 0.05) is 25.6 Å². The second kappa shape index (κ2) is 7.11. The summed E-state index contributed by atoms with van der Waals surface area (Å²) in [5, 5.41) is 3.31. The summed E-state index contributed by atoms with van der Waals surface area (Å²) in [5.41, 5.74) is 0.377. The number of amides is 1. The number of halogens is 1. The first-order valence-electron chi connectivity index (χ1n) is 7.46. The minimum absolute atomic E-state index is 0. The molecule has 1 aromatic heterocycles. The van der Waals surface area contributed by atoms with Crippen LogP contribution in [0.25, 0.3) is 0 Å². The first kappa shape index (κ1) is 16.8. The van der Waals surface area contributed by atoms with Crippen LogP contribution in [0.4, 0.5) is 0 Å². The molecule has 1 atom stereocenters. The summed E-state index contributed by atoms with van der Waals surface area (Å²) < 4.78 is 5.45. The zero-order valence-corrected chi connectivity index (χ0v) is 13.4. The van der Waals surface area contributed by atoms with Gasteiger partial charge >= 0.3 is 5.63 Å². The Morgan fingerprint density at radius 3 is 2.68 bits per heavy atom. The summed E-state index contributed by atoms with van der Waals surface area (Å²) in [5.74, 6) is 0.683. The van der Waals surface area contributed by atoms with E-state index in [9.17, 15) is 9.59 Å². The Balaban J connectivity index is 0.00000176. The average Bonchev–Trinajstić information content (AvgIpc) is 3.01. The van der Waals surface area contributed by atoms with E-state index in [1.807, 2.05) is 25.1 Å². The van der Waals surface area contributed by atoms with Crippen LogP contribution >= 0.6 is 12.4 Å². The average molecular weight is 325 g/mol. The molecule has 1 amide bonds. The highest BCUT2D eigenvalue weighted by atomic mass is 35.5. The summed E-state index contributed by atoms with van der Waals surface area (Å²) in [6.07, 6.45) is 5.94. The Hall–Kier alpha value is -1.59. The molecule has 6 heteroatoms. The lowest BCUT2D eigenvalue weighted by Gasteiger charge is -2.22. The largest absolute Gasteiger partial charge is 0.427 e. The van der Waals surface area contributed by atoms with Gasteiger partial charge < -0.3 is 14.6 Å². The van der Waals surface area contributed by atoms with Crippen molar-refractivity contribution >= 4 is 18.3 Å². The first-order chi connectivity index (χ1) is 10.2. The summed E-state index contributed by atoms with van der Waals surface area (Å²) in [7, 11) is 0. The van der Waals surface area contributed by atoms with Crippen LogP contribution in [0.5, 0.6) is 0 Å². The Labute approximate surface area is 135 Å². The molecule has 1 aromatic rings. The number of piperidine rings is 1. The molecule has 1 N–H and O–H groups in total. The van der Waals surface area contributed by atoms with Crippen molar-refractivity contribution in [3.8, 4) is 0 Å².